The average Bonchev–Trinajstić information content (AvgIpc) is 3.21. The lowest BCUT2D eigenvalue weighted by atomic mass is 9.94. The Balaban J connectivity index is 0.00000392. The minimum atomic E-state index is -0.0444. The number of aliphatic imine (C=N–C) groups is 1. The molecular weight excluding hydrogens is 467 g/mol. The van der Waals surface area contributed by atoms with Crippen LogP contribution in [0.15, 0.2) is 15.6 Å². The second-order valence-corrected chi connectivity index (χ2v) is 7.62. The van der Waals surface area contributed by atoms with Crippen molar-refractivity contribution in [2.75, 3.05) is 6.54 Å². The Bertz CT molecular complexity index is 772. The highest BCUT2D eigenvalue weighted by atomic mass is 127. The molecule has 158 valence electrons. The van der Waals surface area contributed by atoms with E-state index < -0.39 is 0 Å². The van der Waals surface area contributed by atoms with Crippen LogP contribution in [0.5, 0.6) is 0 Å². The van der Waals surface area contributed by atoms with Crippen LogP contribution in [0, 0.1) is 0 Å². The van der Waals surface area contributed by atoms with Crippen LogP contribution in [0.2, 0.25) is 0 Å². The van der Waals surface area contributed by atoms with Crippen molar-refractivity contribution in [1.82, 2.24) is 25.4 Å². The highest BCUT2D eigenvalue weighted by Gasteiger charge is 2.19. The lowest BCUT2D eigenvalue weighted by Gasteiger charge is -2.13. The van der Waals surface area contributed by atoms with Gasteiger partial charge in [-0.05, 0) is 19.8 Å². The van der Waals surface area contributed by atoms with E-state index in [1.807, 2.05) is 11.7 Å². The molecule has 2 rings (SSSR count). The third-order valence-electron chi connectivity index (χ3n) is 4.47. The first-order valence-electron chi connectivity index (χ1n) is 9.81. The number of aryl methyl sites for hydroxylation is 2. The minimum Gasteiger partial charge on any atom is -0.443 e. The van der Waals surface area contributed by atoms with Gasteiger partial charge in [0.1, 0.15) is 5.76 Å². The Morgan fingerprint density at radius 1 is 1.18 bits per heavy atom. The quantitative estimate of drug-likeness (QED) is 0.343. The molecule has 0 bridgehead atoms. The van der Waals surface area contributed by atoms with Gasteiger partial charge in [0.2, 0.25) is 5.89 Å². The van der Waals surface area contributed by atoms with Crippen LogP contribution in [-0.4, -0.2) is 27.3 Å². The summed E-state index contributed by atoms with van der Waals surface area (Å²) >= 11 is 0. The molecule has 8 heteroatoms. The first-order chi connectivity index (χ1) is 12.8. The fourth-order valence-corrected chi connectivity index (χ4v) is 2.97. The zero-order valence-electron chi connectivity index (χ0n) is 18.2. The Morgan fingerprint density at radius 3 is 2.43 bits per heavy atom. The van der Waals surface area contributed by atoms with Gasteiger partial charge < -0.3 is 15.1 Å². The Morgan fingerprint density at radius 2 is 1.89 bits per heavy atom. The third-order valence-corrected chi connectivity index (χ3v) is 4.47. The smallest absolute Gasteiger partial charge is 0.213 e. The topological polar surface area (TPSA) is 80.3 Å². The van der Waals surface area contributed by atoms with Crippen LogP contribution < -0.4 is 10.6 Å². The summed E-state index contributed by atoms with van der Waals surface area (Å²) in [5.74, 6) is 2.30. The van der Waals surface area contributed by atoms with Gasteiger partial charge in [-0.3, -0.25) is 4.68 Å². The van der Waals surface area contributed by atoms with Gasteiger partial charge in [0.05, 0.1) is 25.0 Å². The molecule has 2 N–H and O–H groups in total. The van der Waals surface area contributed by atoms with Crippen LogP contribution in [0.1, 0.15) is 70.1 Å². The Labute approximate surface area is 185 Å². The molecule has 0 atom stereocenters. The van der Waals surface area contributed by atoms with E-state index in [1.54, 1.807) is 6.20 Å². The molecule has 0 aliphatic carbocycles. The zero-order chi connectivity index (χ0) is 20.0. The lowest BCUT2D eigenvalue weighted by molar-refractivity contribution is 0.379. The minimum absolute atomic E-state index is 0. The number of hydrogen-bond acceptors (Lipinski definition) is 4. The van der Waals surface area contributed by atoms with Crippen molar-refractivity contribution in [2.24, 2.45) is 12.0 Å². The van der Waals surface area contributed by atoms with E-state index in [4.69, 9.17) is 9.41 Å². The maximum Gasteiger partial charge on any atom is 0.213 e. The van der Waals surface area contributed by atoms with Crippen molar-refractivity contribution in [2.45, 2.75) is 72.9 Å². The summed E-state index contributed by atoms with van der Waals surface area (Å²) in [5.41, 5.74) is 3.55. The van der Waals surface area contributed by atoms with E-state index in [0.29, 0.717) is 19.0 Å². The number of aromatic nitrogens is 3. The van der Waals surface area contributed by atoms with Crippen molar-refractivity contribution < 1.29 is 4.42 Å². The number of nitrogens with zero attached hydrogens (tertiary/aromatic N) is 4. The summed E-state index contributed by atoms with van der Waals surface area (Å²) in [6.45, 7) is 14.6. The molecule has 28 heavy (non-hydrogen) atoms. The molecule has 0 aliphatic heterocycles. The highest BCUT2D eigenvalue weighted by Crippen LogP contribution is 2.22. The van der Waals surface area contributed by atoms with Gasteiger partial charge in [-0.1, -0.05) is 34.6 Å². The molecule has 0 saturated heterocycles. The van der Waals surface area contributed by atoms with E-state index in [0.717, 1.165) is 36.8 Å². The molecule has 0 amide bonds. The van der Waals surface area contributed by atoms with Gasteiger partial charge in [0.25, 0.3) is 0 Å². The van der Waals surface area contributed by atoms with E-state index in [2.05, 4.69) is 62.3 Å². The summed E-state index contributed by atoms with van der Waals surface area (Å²) in [7, 11) is 2.00. The monoisotopic (exact) mass is 502 g/mol. The molecule has 0 unspecified atom stereocenters. The normalized spacial score (nSPS) is 12.0. The molecule has 0 aliphatic rings. The lowest BCUT2D eigenvalue weighted by Crippen LogP contribution is -2.36. The van der Waals surface area contributed by atoms with Gasteiger partial charge in [-0.2, -0.15) is 5.10 Å². The van der Waals surface area contributed by atoms with E-state index >= 15 is 0 Å². The standard InChI is InChI=1S/C20H34N6O.HI/c1-8-15-14(16(9-2)26(7)25-15)11-23-19(21-10-3)24-13-18-22-12-17(27-18)20(4,5)6;/h12H,8-11,13H2,1-7H3,(H2,21,23,24);1H. The van der Waals surface area contributed by atoms with Crippen molar-refractivity contribution in [3.05, 3.63) is 34.8 Å². The molecule has 2 aromatic heterocycles. The van der Waals surface area contributed by atoms with Crippen molar-refractivity contribution >= 4 is 29.9 Å². The summed E-state index contributed by atoms with van der Waals surface area (Å²) in [4.78, 5) is 9.12. The van der Waals surface area contributed by atoms with Gasteiger partial charge in [0.15, 0.2) is 5.96 Å². The summed E-state index contributed by atoms with van der Waals surface area (Å²) < 4.78 is 7.82. The molecule has 0 aromatic carbocycles. The van der Waals surface area contributed by atoms with E-state index in [9.17, 15) is 0 Å². The Kier molecular flexibility index (Phi) is 9.46. The number of guanidine groups is 1. The van der Waals surface area contributed by atoms with Crippen LogP contribution in [0.4, 0.5) is 0 Å². The number of halogens is 1. The molecular formula is C20H35IN6O. The fraction of sp³-hybridized carbons (Fsp3) is 0.650. The Hall–Kier alpha value is -1.58. The van der Waals surface area contributed by atoms with Gasteiger partial charge in [-0.25, -0.2) is 9.98 Å². The SMILES string of the molecule is CCNC(=NCc1c(CC)nn(C)c1CC)NCc1ncc(C(C)(C)C)o1.I. The molecule has 0 spiro atoms. The first kappa shape index (κ1) is 24.5. The predicted octanol–water partition coefficient (Wildman–Crippen LogP) is 3.70. The second-order valence-electron chi connectivity index (χ2n) is 7.62. The van der Waals surface area contributed by atoms with Crippen molar-refractivity contribution in [3.63, 3.8) is 0 Å². The third kappa shape index (κ3) is 6.22. The molecule has 0 fully saturated rings. The number of rotatable bonds is 7. The molecule has 7 nitrogen and oxygen atoms in total. The largest absolute Gasteiger partial charge is 0.443 e. The molecule has 0 saturated carbocycles. The van der Waals surface area contributed by atoms with Crippen LogP contribution in [0.3, 0.4) is 0 Å². The summed E-state index contributed by atoms with van der Waals surface area (Å²) in [6, 6.07) is 0. The maximum absolute atomic E-state index is 5.85. The van der Waals surface area contributed by atoms with Crippen molar-refractivity contribution in [1.29, 1.82) is 0 Å². The highest BCUT2D eigenvalue weighted by molar-refractivity contribution is 14.0. The molecule has 2 aromatic rings. The summed E-state index contributed by atoms with van der Waals surface area (Å²) in [5, 5.41) is 11.2. The zero-order valence-corrected chi connectivity index (χ0v) is 20.5. The van der Waals surface area contributed by atoms with Gasteiger partial charge >= 0.3 is 0 Å². The van der Waals surface area contributed by atoms with Crippen molar-refractivity contribution in [3.8, 4) is 0 Å². The molecule has 0 radical (unpaired) electrons. The maximum atomic E-state index is 5.85. The van der Waals surface area contributed by atoms with Crippen LogP contribution in [0.25, 0.3) is 0 Å². The molecule has 2 heterocycles. The number of oxazole rings is 1. The van der Waals surface area contributed by atoms with Gasteiger partial charge in [-0.15, -0.1) is 24.0 Å². The number of nitrogens with one attached hydrogen (secondary N) is 2. The summed E-state index contributed by atoms with van der Waals surface area (Å²) in [6.07, 6.45) is 3.66. The second kappa shape index (κ2) is 10.8. The first-order valence-corrected chi connectivity index (χ1v) is 9.81. The van der Waals surface area contributed by atoms with Crippen LogP contribution >= 0.6 is 24.0 Å². The fourth-order valence-electron chi connectivity index (χ4n) is 2.97. The van der Waals surface area contributed by atoms with E-state index in [1.165, 1.54) is 11.3 Å². The van der Waals surface area contributed by atoms with Gasteiger partial charge in [0, 0.05) is 30.3 Å². The van der Waals surface area contributed by atoms with E-state index in [-0.39, 0.29) is 29.4 Å². The average molecular weight is 502 g/mol. The van der Waals surface area contributed by atoms with Crippen LogP contribution in [-0.2, 0) is 38.4 Å². The number of hydrogen-bond donors (Lipinski definition) is 2. The predicted molar refractivity (Wildman–Crippen MR) is 124 cm³/mol.